The van der Waals surface area contributed by atoms with Gasteiger partial charge in [0.2, 0.25) is 5.91 Å². The van der Waals surface area contributed by atoms with Gasteiger partial charge in [-0.3, -0.25) is 4.79 Å². The van der Waals surface area contributed by atoms with Gasteiger partial charge in [0, 0.05) is 11.6 Å². The molecule has 4 nitrogen and oxygen atoms in total. The maximum atomic E-state index is 12.6. The lowest BCUT2D eigenvalue weighted by Crippen LogP contribution is -2.46. The van der Waals surface area contributed by atoms with Crippen molar-refractivity contribution < 1.29 is 4.79 Å². The molecule has 1 amide bonds. The molecule has 23 heavy (non-hydrogen) atoms. The molecule has 0 bridgehead atoms. The fourth-order valence-corrected chi connectivity index (χ4v) is 4.32. The van der Waals surface area contributed by atoms with Crippen LogP contribution in [0.15, 0.2) is 35.1 Å². The van der Waals surface area contributed by atoms with Crippen LogP contribution in [-0.4, -0.2) is 26.4 Å². The van der Waals surface area contributed by atoms with Crippen LogP contribution in [0.3, 0.4) is 0 Å². The monoisotopic (exact) mass is 373 g/mol. The average Bonchev–Trinajstić information content (AvgIpc) is 2.92. The summed E-state index contributed by atoms with van der Waals surface area (Å²) >= 11 is 3.52. The van der Waals surface area contributed by atoms with Crippen LogP contribution in [-0.2, 0) is 17.9 Å². The Bertz CT molecular complexity index is 719. The van der Waals surface area contributed by atoms with Crippen LogP contribution in [0.4, 0.5) is 0 Å². The van der Waals surface area contributed by atoms with Gasteiger partial charge >= 0.3 is 0 Å². The van der Waals surface area contributed by atoms with Crippen molar-refractivity contribution in [3.63, 3.8) is 0 Å². The zero-order valence-electron chi connectivity index (χ0n) is 13.0. The van der Waals surface area contributed by atoms with Gasteiger partial charge in [0.05, 0.1) is 17.9 Å². The van der Waals surface area contributed by atoms with E-state index in [9.17, 15) is 4.79 Å². The van der Waals surface area contributed by atoms with E-state index < -0.39 is 0 Å². The average molecular weight is 374 g/mol. The Morgan fingerprint density at radius 1 is 1.04 bits per heavy atom. The van der Waals surface area contributed by atoms with Gasteiger partial charge in [-0.05, 0) is 28.8 Å². The number of carbonyl (C=O) groups is 1. The number of amides is 1. The van der Waals surface area contributed by atoms with Crippen LogP contribution in [0.5, 0.6) is 0 Å². The van der Waals surface area contributed by atoms with Gasteiger partial charge < -0.3 is 9.47 Å². The standard InChI is InChI=1S/C18H20BrN3O/c19-18-20-17(13-7-3-1-4-8-13)15-11-21(16(23)12-22(15)18)14-9-5-2-6-10-14/h1,3-4,7-8,14H,2,5-6,9-12H2. The molecule has 1 saturated carbocycles. The van der Waals surface area contributed by atoms with Gasteiger partial charge in [0.25, 0.3) is 0 Å². The molecular weight excluding hydrogens is 354 g/mol. The van der Waals surface area contributed by atoms with E-state index in [4.69, 9.17) is 0 Å². The highest BCUT2D eigenvalue weighted by atomic mass is 79.9. The van der Waals surface area contributed by atoms with E-state index in [-0.39, 0.29) is 5.91 Å². The van der Waals surface area contributed by atoms with Crippen molar-refractivity contribution in [3.8, 4) is 11.3 Å². The van der Waals surface area contributed by atoms with E-state index in [1.165, 1.54) is 19.3 Å². The first-order valence-corrected chi connectivity index (χ1v) is 9.13. The lowest BCUT2D eigenvalue weighted by molar-refractivity contribution is -0.137. The molecule has 0 unspecified atom stereocenters. The molecule has 1 aromatic carbocycles. The molecule has 5 heteroatoms. The van der Waals surface area contributed by atoms with E-state index in [1.54, 1.807) is 0 Å². The lowest BCUT2D eigenvalue weighted by Gasteiger charge is -2.37. The first-order chi connectivity index (χ1) is 11.2. The Balaban J connectivity index is 1.70. The number of rotatable bonds is 2. The number of benzene rings is 1. The number of fused-ring (bicyclic) bond motifs is 1. The molecule has 120 valence electrons. The fourth-order valence-electron chi connectivity index (χ4n) is 3.81. The maximum Gasteiger partial charge on any atom is 0.243 e. The summed E-state index contributed by atoms with van der Waals surface area (Å²) in [4.78, 5) is 19.4. The minimum atomic E-state index is 0.224. The molecule has 1 aliphatic heterocycles. The predicted octanol–water partition coefficient (Wildman–Crippen LogP) is 3.99. The summed E-state index contributed by atoms with van der Waals surface area (Å²) in [5.74, 6) is 0.224. The molecular formula is C18H20BrN3O. The number of nitrogens with zero attached hydrogens (tertiary/aromatic N) is 3. The second-order valence-corrected chi connectivity index (χ2v) is 7.15. The van der Waals surface area contributed by atoms with Crippen LogP contribution >= 0.6 is 15.9 Å². The summed E-state index contributed by atoms with van der Waals surface area (Å²) in [5.41, 5.74) is 3.25. The smallest absolute Gasteiger partial charge is 0.243 e. The number of imidazole rings is 1. The highest BCUT2D eigenvalue weighted by Crippen LogP contribution is 2.33. The molecule has 2 aliphatic rings. The highest BCUT2D eigenvalue weighted by molar-refractivity contribution is 9.10. The van der Waals surface area contributed by atoms with Gasteiger partial charge in [-0.2, -0.15) is 0 Å². The zero-order chi connectivity index (χ0) is 15.8. The Kier molecular flexibility index (Phi) is 3.97. The topological polar surface area (TPSA) is 38.1 Å². The third-order valence-corrected chi connectivity index (χ3v) is 5.63. The number of hydrogen-bond donors (Lipinski definition) is 0. The van der Waals surface area contributed by atoms with Crippen LogP contribution in [0.25, 0.3) is 11.3 Å². The highest BCUT2D eigenvalue weighted by Gasteiger charge is 2.33. The molecule has 0 N–H and O–H groups in total. The molecule has 1 aliphatic carbocycles. The quantitative estimate of drug-likeness (QED) is 0.797. The fraction of sp³-hybridized carbons (Fsp3) is 0.444. The minimum Gasteiger partial charge on any atom is -0.332 e. The van der Waals surface area contributed by atoms with Gasteiger partial charge in [0.15, 0.2) is 4.73 Å². The first-order valence-electron chi connectivity index (χ1n) is 8.34. The number of hydrogen-bond acceptors (Lipinski definition) is 2. The summed E-state index contributed by atoms with van der Waals surface area (Å²) in [6, 6.07) is 10.6. The molecule has 4 rings (SSSR count). The van der Waals surface area contributed by atoms with Crippen LogP contribution in [0.2, 0.25) is 0 Å². The molecule has 2 heterocycles. The Labute approximate surface area is 144 Å². The van der Waals surface area contributed by atoms with Crippen molar-refractivity contribution in [2.75, 3.05) is 0 Å². The normalized spacial score (nSPS) is 19.0. The molecule has 0 radical (unpaired) electrons. The van der Waals surface area contributed by atoms with E-state index in [0.717, 1.165) is 34.5 Å². The molecule has 1 aromatic heterocycles. The summed E-state index contributed by atoms with van der Waals surface area (Å²) in [6.07, 6.45) is 6.06. The second kappa shape index (κ2) is 6.11. The number of carbonyl (C=O) groups excluding carboxylic acids is 1. The Morgan fingerprint density at radius 2 is 1.78 bits per heavy atom. The first kappa shape index (κ1) is 14.9. The summed E-state index contributed by atoms with van der Waals surface area (Å²) in [5, 5.41) is 0. The van der Waals surface area contributed by atoms with Crippen molar-refractivity contribution >= 4 is 21.8 Å². The summed E-state index contributed by atoms with van der Waals surface area (Å²) in [6.45, 7) is 1.07. The Hall–Kier alpha value is -1.62. The van der Waals surface area contributed by atoms with Gasteiger partial charge in [-0.15, -0.1) is 0 Å². The third-order valence-electron chi connectivity index (χ3n) is 5.02. The Morgan fingerprint density at radius 3 is 2.52 bits per heavy atom. The van der Waals surface area contributed by atoms with Crippen LogP contribution in [0, 0.1) is 0 Å². The molecule has 0 atom stereocenters. The van der Waals surface area contributed by atoms with E-state index >= 15 is 0 Å². The zero-order valence-corrected chi connectivity index (χ0v) is 14.6. The number of halogens is 1. The van der Waals surface area contributed by atoms with Gasteiger partial charge in [-0.25, -0.2) is 4.98 Å². The van der Waals surface area contributed by atoms with E-state index in [2.05, 4.69) is 37.9 Å². The van der Waals surface area contributed by atoms with Crippen molar-refractivity contribution in [2.24, 2.45) is 0 Å². The minimum absolute atomic E-state index is 0.224. The van der Waals surface area contributed by atoms with Gasteiger partial charge in [-0.1, -0.05) is 49.6 Å². The summed E-state index contributed by atoms with van der Waals surface area (Å²) in [7, 11) is 0. The molecule has 0 spiro atoms. The van der Waals surface area contributed by atoms with Gasteiger partial charge in [0.1, 0.15) is 6.54 Å². The summed E-state index contributed by atoms with van der Waals surface area (Å²) < 4.78 is 2.77. The second-order valence-electron chi connectivity index (χ2n) is 6.44. The molecule has 2 aromatic rings. The van der Waals surface area contributed by atoms with Crippen molar-refractivity contribution in [1.29, 1.82) is 0 Å². The van der Waals surface area contributed by atoms with Crippen LogP contribution < -0.4 is 0 Å². The molecule has 1 fully saturated rings. The third kappa shape index (κ3) is 2.71. The van der Waals surface area contributed by atoms with Crippen molar-refractivity contribution in [2.45, 2.75) is 51.2 Å². The molecule has 0 saturated heterocycles. The van der Waals surface area contributed by atoms with Crippen LogP contribution in [0.1, 0.15) is 37.8 Å². The van der Waals surface area contributed by atoms with E-state index in [1.807, 2.05) is 22.8 Å². The lowest BCUT2D eigenvalue weighted by atomic mass is 9.93. The predicted molar refractivity (Wildman–Crippen MR) is 92.8 cm³/mol. The SMILES string of the molecule is O=C1Cn2c(Br)nc(-c3ccccc3)c2CN1C1CCCCC1. The number of aromatic nitrogens is 2. The maximum absolute atomic E-state index is 12.6. The van der Waals surface area contributed by atoms with E-state index in [0.29, 0.717) is 19.1 Å². The van der Waals surface area contributed by atoms with Crippen molar-refractivity contribution in [1.82, 2.24) is 14.5 Å². The van der Waals surface area contributed by atoms with Crippen molar-refractivity contribution in [3.05, 3.63) is 40.8 Å². The largest absolute Gasteiger partial charge is 0.332 e.